The molecule has 0 aliphatic carbocycles. The summed E-state index contributed by atoms with van der Waals surface area (Å²) in [6.45, 7) is 7.53. The Morgan fingerprint density at radius 1 is 0.923 bits per heavy atom. The number of rotatable bonds is 5. The van der Waals surface area contributed by atoms with Crippen molar-refractivity contribution in [2.24, 2.45) is 0 Å². The lowest BCUT2D eigenvalue weighted by atomic mass is 10.1. The summed E-state index contributed by atoms with van der Waals surface area (Å²) in [5.41, 5.74) is 2.85. The van der Waals surface area contributed by atoms with Gasteiger partial charge in [0.05, 0.1) is 12.2 Å². The van der Waals surface area contributed by atoms with Gasteiger partial charge in [-0.3, -0.25) is 9.80 Å². The zero-order valence-corrected chi connectivity index (χ0v) is 15.4. The Labute approximate surface area is 157 Å². The fraction of sp³-hybridized carbons (Fsp3) is 0.368. The molecular weight excluding hydrogens is 352 g/mol. The molecule has 4 rings (SSSR count). The van der Waals surface area contributed by atoms with E-state index in [4.69, 9.17) is 20.6 Å². The second kappa shape index (κ2) is 7.61. The van der Waals surface area contributed by atoms with E-state index < -0.39 is 0 Å². The molecule has 0 spiro atoms. The molecule has 1 fully saturated rings. The summed E-state index contributed by atoms with van der Waals surface area (Å²) in [7, 11) is 0. The molecule has 1 saturated heterocycles. The maximum absolute atomic E-state index is 5.93. The van der Waals surface area contributed by atoms with Crippen molar-refractivity contribution in [3.8, 4) is 11.3 Å². The van der Waals surface area contributed by atoms with Gasteiger partial charge in [-0.05, 0) is 19.1 Å². The van der Waals surface area contributed by atoms with Crippen LogP contribution in [0.1, 0.15) is 17.2 Å². The first-order valence-electron chi connectivity index (χ1n) is 8.74. The van der Waals surface area contributed by atoms with Crippen molar-refractivity contribution in [3.05, 3.63) is 58.6 Å². The zero-order chi connectivity index (χ0) is 17.9. The summed E-state index contributed by atoms with van der Waals surface area (Å²) >= 11 is 5.93. The first kappa shape index (κ1) is 17.3. The Balaban J connectivity index is 1.30. The number of nitrogens with zero attached hydrogens (tertiary/aromatic N) is 4. The highest BCUT2D eigenvalue weighted by molar-refractivity contribution is 6.30. The molecule has 0 unspecified atom stereocenters. The van der Waals surface area contributed by atoms with Crippen molar-refractivity contribution in [3.63, 3.8) is 0 Å². The van der Waals surface area contributed by atoms with Crippen molar-refractivity contribution in [2.75, 3.05) is 26.2 Å². The van der Waals surface area contributed by atoms with Crippen LogP contribution in [0.3, 0.4) is 0 Å². The van der Waals surface area contributed by atoms with Crippen LogP contribution in [0.5, 0.6) is 0 Å². The monoisotopic (exact) mass is 372 g/mol. The number of aromatic nitrogens is 2. The standard InChI is InChI=1S/C19H21ClN4O2/c1-14-10-17(21-25-14)12-23-6-8-24(9-7-23)13-18-11-19(22-26-18)15-2-4-16(20)5-3-15/h2-5,10-11H,6-9,12-13H2,1H3. The lowest BCUT2D eigenvalue weighted by molar-refractivity contribution is 0.112. The molecule has 0 radical (unpaired) electrons. The number of halogens is 1. The van der Waals surface area contributed by atoms with E-state index in [1.807, 2.05) is 43.3 Å². The molecule has 3 heterocycles. The van der Waals surface area contributed by atoms with E-state index >= 15 is 0 Å². The molecule has 0 amide bonds. The SMILES string of the molecule is Cc1cc(CN2CCN(Cc3cc(-c4ccc(Cl)cc4)no3)CC2)no1. The third kappa shape index (κ3) is 4.15. The third-order valence-electron chi connectivity index (χ3n) is 4.61. The van der Waals surface area contributed by atoms with Crippen LogP contribution >= 0.6 is 11.6 Å². The van der Waals surface area contributed by atoms with E-state index in [9.17, 15) is 0 Å². The van der Waals surface area contributed by atoms with Crippen LogP contribution in [0.15, 0.2) is 45.4 Å². The van der Waals surface area contributed by atoms with Crippen LogP contribution in [0.2, 0.25) is 5.02 Å². The molecule has 1 aliphatic rings. The Morgan fingerprint density at radius 3 is 2.27 bits per heavy atom. The fourth-order valence-corrected chi connectivity index (χ4v) is 3.32. The van der Waals surface area contributed by atoms with Gasteiger partial charge in [-0.2, -0.15) is 0 Å². The van der Waals surface area contributed by atoms with E-state index in [1.54, 1.807) is 0 Å². The predicted molar refractivity (Wildman–Crippen MR) is 98.7 cm³/mol. The first-order valence-corrected chi connectivity index (χ1v) is 9.12. The van der Waals surface area contributed by atoms with E-state index in [1.165, 1.54) is 0 Å². The molecule has 0 atom stereocenters. The Kier molecular flexibility index (Phi) is 5.06. The largest absolute Gasteiger partial charge is 0.361 e. The highest BCUT2D eigenvalue weighted by Gasteiger charge is 2.19. The average Bonchev–Trinajstić information content (AvgIpc) is 3.26. The normalized spacial score (nSPS) is 16.2. The summed E-state index contributed by atoms with van der Waals surface area (Å²) in [4.78, 5) is 4.78. The van der Waals surface area contributed by atoms with Gasteiger partial charge in [-0.15, -0.1) is 0 Å². The van der Waals surface area contributed by atoms with Gasteiger partial charge >= 0.3 is 0 Å². The van der Waals surface area contributed by atoms with Gasteiger partial charge < -0.3 is 9.05 Å². The molecule has 0 N–H and O–H groups in total. The van der Waals surface area contributed by atoms with Crippen LogP contribution in [0.25, 0.3) is 11.3 Å². The Morgan fingerprint density at radius 2 is 1.62 bits per heavy atom. The first-order chi connectivity index (χ1) is 12.7. The van der Waals surface area contributed by atoms with Crippen LogP contribution in [-0.4, -0.2) is 46.3 Å². The highest BCUT2D eigenvalue weighted by Crippen LogP contribution is 2.22. The van der Waals surface area contributed by atoms with Gasteiger partial charge in [0.2, 0.25) is 0 Å². The molecular formula is C19H21ClN4O2. The van der Waals surface area contributed by atoms with Crippen LogP contribution in [0.4, 0.5) is 0 Å². The molecule has 136 valence electrons. The van der Waals surface area contributed by atoms with Gasteiger partial charge in [-0.1, -0.05) is 34.0 Å². The van der Waals surface area contributed by atoms with Crippen molar-refractivity contribution >= 4 is 11.6 Å². The minimum Gasteiger partial charge on any atom is -0.361 e. The van der Waals surface area contributed by atoms with Crippen molar-refractivity contribution in [1.29, 1.82) is 0 Å². The highest BCUT2D eigenvalue weighted by atomic mass is 35.5. The molecule has 0 saturated carbocycles. The van der Waals surface area contributed by atoms with Crippen molar-refractivity contribution in [2.45, 2.75) is 20.0 Å². The van der Waals surface area contributed by atoms with Crippen LogP contribution < -0.4 is 0 Å². The number of benzene rings is 1. The van der Waals surface area contributed by atoms with Gasteiger partial charge in [0.25, 0.3) is 0 Å². The van der Waals surface area contributed by atoms with E-state index in [0.29, 0.717) is 0 Å². The molecule has 1 aromatic carbocycles. The number of aryl methyl sites for hydroxylation is 1. The maximum atomic E-state index is 5.93. The lowest BCUT2D eigenvalue weighted by Crippen LogP contribution is -2.45. The molecule has 0 bridgehead atoms. The fourth-order valence-electron chi connectivity index (χ4n) is 3.19. The maximum Gasteiger partial charge on any atom is 0.151 e. The van der Waals surface area contributed by atoms with E-state index in [0.717, 1.165) is 72.8 Å². The minimum atomic E-state index is 0.719. The quantitative estimate of drug-likeness (QED) is 0.682. The molecule has 2 aromatic heterocycles. The average molecular weight is 373 g/mol. The number of hydrogen-bond acceptors (Lipinski definition) is 6. The van der Waals surface area contributed by atoms with Crippen molar-refractivity contribution in [1.82, 2.24) is 20.1 Å². The van der Waals surface area contributed by atoms with Gasteiger partial charge in [0.15, 0.2) is 5.76 Å². The second-order valence-electron chi connectivity index (χ2n) is 6.67. The topological polar surface area (TPSA) is 58.5 Å². The molecule has 6 nitrogen and oxygen atoms in total. The van der Waals surface area contributed by atoms with Gasteiger partial charge in [0.1, 0.15) is 11.5 Å². The lowest BCUT2D eigenvalue weighted by Gasteiger charge is -2.33. The Hall–Kier alpha value is -2.15. The molecule has 7 heteroatoms. The summed E-state index contributed by atoms with van der Waals surface area (Å²) < 4.78 is 10.7. The summed E-state index contributed by atoms with van der Waals surface area (Å²) in [5.74, 6) is 1.75. The molecule has 1 aliphatic heterocycles. The summed E-state index contributed by atoms with van der Waals surface area (Å²) in [5, 5.41) is 8.97. The van der Waals surface area contributed by atoms with E-state index in [-0.39, 0.29) is 0 Å². The molecule has 26 heavy (non-hydrogen) atoms. The van der Waals surface area contributed by atoms with Gasteiger partial charge in [-0.25, -0.2) is 0 Å². The molecule has 3 aromatic rings. The van der Waals surface area contributed by atoms with Crippen molar-refractivity contribution < 1.29 is 9.05 Å². The summed E-state index contributed by atoms with van der Waals surface area (Å²) in [6, 6.07) is 11.6. The van der Waals surface area contributed by atoms with Gasteiger partial charge in [0, 0.05) is 55.4 Å². The van der Waals surface area contributed by atoms with Crippen LogP contribution in [-0.2, 0) is 13.1 Å². The van der Waals surface area contributed by atoms with E-state index in [2.05, 4.69) is 20.1 Å². The van der Waals surface area contributed by atoms with Crippen LogP contribution in [0, 0.1) is 6.92 Å². The Bertz CT molecular complexity index is 851. The number of piperazine rings is 1. The zero-order valence-electron chi connectivity index (χ0n) is 14.7. The summed E-state index contributed by atoms with van der Waals surface area (Å²) in [6.07, 6.45) is 0. The number of hydrogen-bond donors (Lipinski definition) is 0. The third-order valence-corrected chi connectivity index (χ3v) is 4.86. The minimum absolute atomic E-state index is 0.719. The second-order valence-corrected chi connectivity index (χ2v) is 7.10. The smallest absolute Gasteiger partial charge is 0.151 e. The predicted octanol–water partition coefficient (Wildman–Crippen LogP) is 3.61.